The van der Waals surface area contributed by atoms with E-state index in [1.165, 1.54) is 89.0 Å². The van der Waals surface area contributed by atoms with Gasteiger partial charge in [-0.05, 0) is 61.4 Å². The van der Waals surface area contributed by atoms with Crippen molar-refractivity contribution in [3.05, 3.63) is 41.5 Å². The molecule has 38 heavy (non-hydrogen) atoms. The smallest absolute Gasteiger partial charge is 0.146 e. The number of aromatic nitrogens is 3. The Balaban J connectivity index is 1.73. The van der Waals surface area contributed by atoms with E-state index in [1.807, 2.05) is 18.2 Å². The summed E-state index contributed by atoms with van der Waals surface area (Å²) in [5.74, 6) is 1.13. The molecule has 210 valence electrons. The second kappa shape index (κ2) is 17.1. The molecule has 5 nitrogen and oxygen atoms in total. The van der Waals surface area contributed by atoms with E-state index in [0.717, 1.165) is 48.0 Å². The van der Waals surface area contributed by atoms with Gasteiger partial charge in [-0.3, -0.25) is 0 Å². The van der Waals surface area contributed by atoms with Crippen LogP contribution in [0.3, 0.4) is 0 Å². The lowest BCUT2D eigenvalue weighted by atomic mass is 9.98. The molecule has 0 atom stereocenters. The van der Waals surface area contributed by atoms with Crippen LogP contribution in [0.1, 0.15) is 128 Å². The predicted molar refractivity (Wildman–Crippen MR) is 160 cm³/mol. The van der Waals surface area contributed by atoms with Crippen LogP contribution in [0.2, 0.25) is 0 Å². The Bertz CT molecular complexity index is 1080. The van der Waals surface area contributed by atoms with E-state index in [1.54, 1.807) is 4.80 Å². The van der Waals surface area contributed by atoms with E-state index in [2.05, 4.69) is 32.9 Å². The summed E-state index contributed by atoms with van der Waals surface area (Å²) in [5, 5.41) is 20.8. The third-order valence-corrected chi connectivity index (χ3v) is 7.39. The molecule has 3 aromatic rings. The molecule has 0 amide bonds. The SMILES string of the molecule is CCCCCCCCCc1cc(CCCCCCCCC)c(O)c(-n2nc3ccc(OCCC)cc3n2)c1. The molecule has 5 heteroatoms. The Hall–Kier alpha value is -2.56. The van der Waals surface area contributed by atoms with Crippen molar-refractivity contribution >= 4 is 11.0 Å². The van der Waals surface area contributed by atoms with Crippen LogP contribution in [0.15, 0.2) is 30.3 Å². The molecule has 0 saturated carbocycles. The number of hydrogen-bond donors (Lipinski definition) is 1. The molecule has 1 N–H and O–H groups in total. The van der Waals surface area contributed by atoms with E-state index in [-0.39, 0.29) is 0 Å². The molecular formula is C33H51N3O2. The lowest BCUT2D eigenvalue weighted by Gasteiger charge is -2.13. The number of benzene rings is 2. The molecule has 0 aliphatic heterocycles. The number of nitrogens with zero attached hydrogens (tertiary/aromatic N) is 3. The predicted octanol–water partition coefficient (Wildman–Crippen LogP) is 9.50. The molecule has 2 aromatic carbocycles. The number of ether oxygens (including phenoxy) is 1. The van der Waals surface area contributed by atoms with Crippen molar-refractivity contribution in [3.63, 3.8) is 0 Å². The third-order valence-electron chi connectivity index (χ3n) is 7.39. The standard InChI is InChI=1S/C33H51N3O2/c1-4-7-9-11-13-15-17-19-27-24-28(20-18-16-14-12-10-8-5-2)33(37)32(25-27)36-34-30-22-21-29(38-23-6-3)26-31(30)35-36/h21-22,24-26,37H,4-20,23H2,1-3H3. The highest BCUT2D eigenvalue weighted by Gasteiger charge is 2.15. The van der Waals surface area contributed by atoms with Gasteiger partial charge in [0.15, 0.2) is 0 Å². The first kappa shape index (κ1) is 30.0. The summed E-state index contributed by atoms with van der Waals surface area (Å²) in [7, 11) is 0. The van der Waals surface area contributed by atoms with Crippen LogP contribution in [-0.4, -0.2) is 26.7 Å². The number of hydrogen-bond acceptors (Lipinski definition) is 4. The monoisotopic (exact) mass is 521 g/mol. The van der Waals surface area contributed by atoms with Crippen LogP contribution in [-0.2, 0) is 12.8 Å². The fourth-order valence-corrected chi connectivity index (χ4v) is 5.10. The molecular weight excluding hydrogens is 470 g/mol. The van der Waals surface area contributed by atoms with Gasteiger partial charge in [0.05, 0.1) is 6.61 Å². The number of unbranched alkanes of at least 4 members (excludes halogenated alkanes) is 12. The average molecular weight is 522 g/mol. The van der Waals surface area contributed by atoms with Gasteiger partial charge in [-0.25, -0.2) is 0 Å². The van der Waals surface area contributed by atoms with Gasteiger partial charge in [-0.15, -0.1) is 15.0 Å². The van der Waals surface area contributed by atoms with Gasteiger partial charge < -0.3 is 9.84 Å². The zero-order valence-electron chi connectivity index (χ0n) is 24.3. The summed E-state index contributed by atoms with van der Waals surface area (Å²) < 4.78 is 5.79. The Labute approximate surface area is 231 Å². The summed E-state index contributed by atoms with van der Waals surface area (Å²) in [5.41, 5.74) is 4.58. The number of rotatable bonds is 20. The molecule has 0 bridgehead atoms. The van der Waals surface area contributed by atoms with Gasteiger partial charge in [0.25, 0.3) is 0 Å². The van der Waals surface area contributed by atoms with Gasteiger partial charge in [0.1, 0.15) is 28.2 Å². The first-order chi connectivity index (χ1) is 18.7. The maximum atomic E-state index is 11.3. The summed E-state index contributed by atoms with van der Waals surface area (Å²) >= 11 is 0. The van der Waals surface area contributed by atoms with E-state index < -0.39 is 0 Å². The maximum Gasteiger partial charge on any atom is 0.146 e. The van der Waals surface area contributed by atoms with Crippen molar-refractivity contribution in [3.8, 4) is 17.2 Å². The average Bonchev–Trinajstić information content (AvgIpc) is 3.35. The Kier molecular flexibility index (Phi) is 13.5. The summed E-state index contributed by atoms with van der Waals surface area (Å²) in [4.78, 5) is 1.62. The molecule has 0 saturated heterocycles. The lowest BCUT2D eigenvalue weighted by molar-refractivity contribution is 0.318. The minimum Gasteiger partial charge on any atom is -0.505 e. The number of aromatic hydroxyl groups is 1. The molecule has 3 rings (SSSR count). The normalized spacial score (nSPS) is 11.4. The largest absolute Gasteiger partial charge is 0.505 e. The van der Waals surface area contributed by atoms with Crippen LogP contribution in [0.4, 0.5) is 0 Å². The highest BCUT2D eigenvalue weighted by Crippen LogP contribution is 2.31. The number of phenols is 1. The summed E-state index contributed by atoms with van der Waals surface area (Å²) in [6.07, 6.45) is 20.8. The fraction of sp³-hybridized carbons (Fsp3) is 0.636. The minimum absolute atomic E-state index is 0.321. The zero-order valence-corrected chi connectivity index (χ0v) is 24.3. The fourth-order valence-electron chi connectivity index (χ4n) is 5.10. The molecule has 0 spiro atoms. The summed E-state index contributed by atoms with van der Waals surface area (Å²) in [6, 6.07) is 10.1. The van der Waals surface area contributed by atoms with Gasteiger partial charge in [-0.1, -0.05) is 104 Å². The maximum absolute atomic E-state index is 11.3. The topological polar surface area (TPSA) is 60.2 Å². The first-order valence-corrected chi connectivity index (χ1v) is 15.5. The molecule has 0 unspecified atom stereocenters. The van der Waals surface area contributed by atoms with Gasteiger partial charge in [0.2, 0.25) is 0 Å². The lowest BCUT2D eigenvalue weighted by Crippen LogP contribution is -2.03. The first-order valence-electron chi connectivity index (χ1n) is 15.5. The number of aryl methyl sites for hydroxylation is 2. The van der Waals surface area contributed by atoms with E-state index in [0.29, 0.717) is 18.0 Å². The van der Waals surface area contributed by atoms with Crippen LogP contribution in [0.5, 0.6) is 11.5 Å². The van der Waals surface area contributed by atoms with Crippen molar-refractivity contribution < 1.29 is 9.84 Å². The van der Waals surface area contributed by atoms with Crippen molar-refractivity contribution in [2.45, 2.75) is 130 Å². The molecule has 0 radical (unpaired) electrons. The van der Waals surface area contributed by atoms with E-state index >= 15 is 0 Å². The van der Waals surface area contributed by atoms with Crippen LogP contribution < -0.4 is 4.74 Å². The van der Waals surface area contributed by atoms with Gasteiger partial charge in [0, 0.05) is 6.07 Å². The second-order valence-corrected chi connectivity index (χ2v) is 10.9. The van der Waals surface area contributed by atoms with Crippen LogP contribution in [0.25, 0.3) is 16.7 Å². The quantitative estimate of drug-likeness (QED) is 0.150. The van der Waals surface area contributed by atoms with Crippen molar-refractivity contribution in [2.24, 2.45) is 0 Å². The highest BCUT2D eigenvalue weighted by atomic mass is 16.5. The molecule has 0 aliphatic carbocycles. The summed E-state index contributed by atoms with van der Waals surface area (Å²) in [6.45, 7) is 7.31. The van der Waals surface area contributed by atoms with E-state index in [9.17, 15) is 5.11 Å². The van der Waals surface area contributed by atoms with Crippen molar-refractivity contribution in [1.29, 1.82) is 0 Å². The van der Waals surface area contributed by atoms with Crippen molar-refractivity contribution in [2.75, 3.05) is 6.61 Å². The van der Waals surface area contributed by atoms with Crippen LogP contribution in [0, 0.1) is 0 Å². The zero-order chi connectivity index (χ0) is 27.0. The molecule has 0 aliphatic rings. The minimum atomic E-state index is 0.321. The number of fused-ring (bicyclic) bond motifs is 1. The molecule has 1 aromatic heterocycles. The third kappa shape index (κ3) is 9.63. The Morgan fingerprint density at radius 2 is 1.26 bits per heavy atom. The van der Waals surface area contributed by atoms with Crippen molar-refractivity contribution in [1.82, 2.24) is 15.0 Å². The Morgan fingerprint density at radius 3 is 1.92 bits per heavy atom. The van der Waals surface area contributed by atoms with E-state index in [4.69, 9.17) is 14.9 Å². The van der Waals surface area contributed by atoms with Gasteiger partial charge in [-0.2, -0.15) is 0 Å². The Morgan fingerprint density at radius 1 is 0.658 bits per heavy atom. The molecule has 0 fully saturated rings. The number of phenolic OH excluding ortho intramolecular Hbond substituents is 1. The molecule has 1 heterocycles. The van der Waals surface area contributed by atoms with Gasteiger partial charge >= 0.3 is 0 Å². The highest BCUT2D eigenvalue weighted by molar-refractivity contribution is 5.76. The van der Waals surface area contributed by atoms with Crippen LogP contribution >= 0.6 is 0 Å². The second-order valence-electron chi connectivity index (χ2n) is 10.9.